The smallest absolute Gasteiger partial charge is 0.270 e. The molecular formula is C35H40N4O6S2. The van der Waals surface area contributed by atoms with Crippen molar-refractivity contribution in [3.8, 4) is 29.1 Å². The van der Waals surface area contributed by atoms with Crippen molar-refractivity contribution in [1.82, 2.24) is 9.47 Å². The number of unbranched alkanes of at least 4 members (excludes halogenated alkanes) is 1. The summed E-state index contributed by atoms with van der Waals surface area (Å²) < 4.78 is 23.6. The second-order valence-electron chi connectivity index (χ2n) is 10.8. The Bertz CT molecular complexity index is 1780. The van der Waals surface area contributed by atoms with E-state index in [1.54, 1.807) is 50.9 Å². The van der Waals surface area contributed by atoms with Crippen LogP contribution in [0.5, 0.6) is 23.0 Å². The molecule has 47 heavy (non-hydrogen) atoms. The van der Waals surface area contributed by atoms with Gasteiger partial charge < -0.3 is 24.3 Å². The number of aromatic nitrogens is 1. The van der Waals surface area contributed by atoms with Crippen LogP contribution in [0.4, 0.5) is 5.82 Å². The van der Waals surface area contributed by atoms with Crippen molar-refractivity contribution < 1.29 is 23.7 Å². The fraction of sp³-hybridized carbons (Fsp3) is 0.371. The minimum Gasteiger partial charge on any atom is -0.493 e. The molecule has 1 aliphatic heterocycles. The van der Waals surface area contributed by atoms with Crippen molar-refractivity contribution in [2.75, 3.05) is 46.8 Å². The summed E-state index contributed by atoms with van der Waals surface area (Å²) in [7, 11) is 6.35. The van der Waals surface area contributed by atoms with Gasteiger partial charge in [0.1, 0.15) is 21.8 Å². The van der Waals surface area contributed by atoms with E-state index in [-0.39, 0.29) is 17.0 Å². The number of anilines is 1. The van der Waals surface area contributed by atoms with Crippen LogP contribution in [0.1, 0.15) is 47.6 Å². The molecule has 2 aromatic carbocycles. The number of rotatable bonds is 15. The zero-order valence-corrected chi connectivity index (χ0v) is 29.2. The molecule has 248 valence electrons. The molecule has 0 aliphatic carbocycles. The lowest BCUT2D eigenvalue weighted by Gasteiger charge is -2.20. The fourth-order valence-electron chi connectivity index (χ4n) is 5.35. The van der Waals surface area contributed by atoms with E-state index in [9.17, 15) is 14.9 Å². The molecule has 10 nitrogen and oxygen atoms in total. The summed E-state index contributed by atoms with van der Waals surface area (Å²) >= 11 is 6.85. The maximum Gasteiger partial charge on any atom is 0.270 e. The van der Waals surface area contributed by atoms with Crippen molar-refractivity contribution in [2.24, 2.45) is 0 Å². The van der Waals surface area contributed by atoms with Crippen LogP contribution in [0.25, 0.3) is 6.08 Å². The van der Waals surface area contributed by atoms with E-state index in [0.717, 1.165) is 24.0 Å². The Hall–Kier alpha value is -4.47. The Morgan fingerprint density at radius 2 is 1.51 bits per heavy atom. The Balaban J connectivity index is 1.65. The molecule has 0 spiro atoms. The molecule has 1 aliphatic rings. The number of nitrogens with zero attached hydrogens (tertiary/aromatic N) is 3. The molecule has 0 atom stereocenters. The van der Waals surface area contributed by atoms with Crippen molar-refractivity contribution in [3.63, 3.8) is 0 Å². The third-order valence-corrected chi connectivity index (χ3v) is 9.36. The average Bonchev–Trinajstić information content (AvgIpc) is 3.35. The van der Waals surface area contributed by atoms with Gasteiger partial charge in [-0.3, -0.25) is 19.1 Å². The molecule has 4 rings (SSSR count). The van der Waals surface area contributed by atoms with E-state index in [1.165, 1.54) is 11.8 Å². The van der Waals surface area contributed by atoms with Gasteiger partial charge in [0.2, 0.25) is 0 Å². The van der Waals surface area contributed by atoms with Crippen LogP contribution in [0.15, 0.2) is 46.1 Å². The molecule has 12 heteroatoms. The number of carbonyl (C=O) groups excluding carboxylic acids is 1. The minimum absolute atomic E-state index is 0.0572. The highest BCUT2D eigenvalue weighted by molar-refractivity contribution is 8.26. The van der Waals surface area contributed by atoms with E-state index >= 15 is 0 Å². The predicted molar refractivity (Wildman–Crippen MR) is 190 cm³/mol. The number of thiocarbonyl (C=S) groups is 1. The van der Waals surface area contributed by atoms with Crippen LogP contribution in [-0.2, 0) is 24.2 Å². The lowest BCUT2D eigenvalue weighted by Crippen LogP contribution is -2.30. The van der Waals surface area contributed by atoms with Crippen LogP contribution in [-0.4, -0.2) is 61.2 Å². The highest BCUT2D eigenvalue weighted by atomic mass is 32.2. The van der Waals surface area contributed by atoms with Crippen LogP contribution in [0.2, 0.25) is 0 Å². The number of methoxy groups -OCH3 is 4. The fourth-order valence-corrected chi connectivity index (χ4v) is 6.64. The highest BCUT2D eigenvalue weighted by Crippen LogP contribution is 2.36. The van der Waals surface area contributed by atoms with Gasteiger partial charge in [-0.2, -0.15) is 5.26 Å². The number of hydrogen-bond acceptors (Lipinski definition) is 10. The second kappa shape index (κ2) is 16.4. The SMILES string of the molecule is CCCCn1c(NCCc2ccc(OC)c(OC)c2)c(/C=C2/SC(=S)N(CCc3ccc(OC)c(OC)c3)C2=O)c(C)c(C#N)c1=O. The lowest BCUT2D eigenvalue weighted by atomic mass is 10.0. The summed E-state index contributed by atoms with van der Waals surface area (Å²) in [6.45, 7) is 5.08. The van der Waals surface area contributed by atoms with Gasteiger partial charge in [-0.1, -0.05) is 49.5 Å². The highest BCUT2D eigenvalue weighted by Gasteiger charge is 2.32. The molecule has 3 aromatic rings. The van der Waals surface area contributed by atoms with Crippen molar-refractivity contribution in [3.05, 3.63) is 79.5 Å². The van der Waals surface area contributed by atoms with E-state index < -0.39 is 0 Å². The monoisotopic (exact) mass is 676 g/mol. The number of nitriles is 1. The molecule has 1 saturated heterocycles. The molecule has 0 saturated carbocycles. The molecule has 1 fully saturated rings. The Morgan fingerprint density at radius 3 is 2.06 bits per heavy atom. The van der Waals surface area contributed by atoms with E-state index in [0.29, 0.717) is 81.6 Å². The molecule has 1 amide bonds. The first-order valence-electron chi connectivity index (χ1n) is 15.3. The first-order chi connectivity index (χ1) is 22.7. The largest absolute Gasteiger partial charge is 0.493 e. The number of thioether (sulfide) groups is 1. The third-order valence-electron chi connectivity index (χ3n) is 7.99. The minimum atomic E-state index is -0.355. The third kappa shape index (κ3) is 7.92. The number of benzene rings is 2. The zero-order valence-electron chi connectivity index (χ0n) is 27.6. The van der Waals surface area contributed by atoms with Crippen molar-refractivity contribution in [1.29, 1.82) is 5.26 Å². The molecule has 0 unspecified atom stereocenters. The van der Waals surface area contributed by atoms with Crippen LogP contribution >= 0.6 is 24.0 Å². The van der Waals surface area contributed by atoms with Gasteiger partial charge in [0, 0.05) is 25.2 Å². The van der Waals surface area contributed by atoms with Crippen molar-refractivity contribution >= 4 is 46.1 Å². The van der Waals surface area contributed by atoms with Gasteiger partial charge in [0.05, 0.1) is 33.3 Å². The molecular weight excluding hydrogens is 637 g/mol. The topological polar surface area (TPSA) is 115 Å². The predicted octanol–water partition coefficient (Wildman–Crippen LogP) is 5.96. The van der Waals surface area contributed by atoms with Crippen molar-refractivity contribution in [2.45, 2.75) is 46.1 Å². The van der Waals surface area contributed by atoms with Gasteiger partial charge >= 0.3 is 0 Å². The quantitative estimate of drug-likeness (QED) is 0.153. The molecule has 2 heterocycles. The van der Waals surface area contributed by atoms with E-state index in [4.69, 9.17) is 31.2 Å². The van der Waals surface area contributed by atoms with E-state index in [1.807, 2.05) is 43.3 Å². The number of hydrogen-bond donors (Lipinski definition) is 1. The summed E-state index contributed by atoms with van der Waals surface area (Å²) in [5, 5.41) is 13.4. The first kappa shape index (κ1) is 35.4. The molecule has 0 radical (unpaired) electrons. The van der Waals surface area contributed by atoms with Gasteiger partial charge in [-0.05, 0) is 73.2 Å². The maximum atomic E-state index is 13.7. The molecule has 0 bridgehead atoms. The lowest BCUT2D eigenvalue weighted by molar-refractivity contribution is -0.122. The van der Waals surface area contributed by atoms with Gasteiger partial charge in [-0.25, -0.2) is 0 Å². The standard InChI is InChI=1S/C35H40N4O6S2/c1-7-8-16-38-32(37-15-13-23-9-11-27(42-3)29(18-23)44-5)25(22(2)26(21-36)33(38)40)20-31-34(41)39(35(46)47-31)17-14-24-10-12-28(43-4)30(19-24)45-6/h9-12,18-20,37H,7-8,13-17H2,1-6H3/b31-20+. The summed E-state index contributed by atoms with van der Waals surface area (Å²) in [6, 6.07) is 13.5. The second-order valence-corrected chi connectivity index (χ2v) is 12.5. The Labute approximate surface area is 285 Å². The number of ether oxygens (including phenoxy) is 4. The maximum absolute atomic E-state index is 13.7. The summed E-state index contributed by atoms with van der Waals surface area (Å²) in [4.78, 5) is 29.2. The van der Waals surface area contributed by atoms with Crippen LogP contribution in [0.3, 0.4) is 0 Å². The zero-order chi connectivity index (χ0) is 34.1. The summed E-state index contributed by atoms with van der Waals surface area (Å²) in [5.74, 6) is 2.86. The van der Waals surface area contributed by atoms with Crippen LogP contribution in [0, 0.1) is 18.3 Å². The molecule has 1 N–H and O–H groups in total. The van der Waals surface area contributed by atoms with Crippen LogP contribution < -0.4 is 29.8 Å². The Kier molecular flexibility index (Phi) is 12.3. The van der Waals surface area contributed by atoms with Gasteiger partial charge in [-0.15, -0.1) is 0 Å². The summed E-state index contributed by atoms with van der Waals surface area (Å²) in [6.07, 6.45) is 4.55. The number of carbonyl (C=O) groups is 1. The van der Waals surface area contributed by atoms with E-state index in [2.05, 4.69) is 11.4 Å². The normalized spacial score (nSPS) is 13.6. The molecule has 1 aromatic heterocycles. The van der Waals surface area contributed by atoms with Gasteiger partial charge in [0.25, 0.3) is 11.5 Å². The first-order valence-corrected chi connectivity index (χ1v) is 16.5. The number of nitrogens with one attached hydrogen (secondary N) is 1. The van der Waals surface area contributed by atoms with Gasteiger partial charge in [0.15, 0.2) is 23.0 Å². The summed E-state index contributed by atoms with van der Waals surface area (Å²) in [5.41, 5.74) is 2.81. The Morgan fingerprint density at radius 1 is 0.915 bits per heavy atom. The number of pyridine rings is 1. The average molecular weight is 677 g/mol. The number of amides is 1.